The van der Waals surface area contributed by atoms with Gasteiger partial charge in [0.1, 0.15) is 54.6 Å². The van der Waals surface area contributed by atoms with Gasteiger partial charge in [0.25, 0.3) is 0 Å². The van der Waals surface area contributed by atoms with Gasteiger partial charge in [-0.15, -0.1) is 0 Å². The van der Waals surface area contributed by atoms with Crippen LogP contribution in [0.25, 0.3) is 0 Å². The number of aliphatic carboxylic acids is 2. The molecule has 424 valence electrons. The summed E-state index contributed by atoms with van der Waals surface area (Å²) in [5.74, 6) is -8.29. The molecule has 1 aliphatic rings. The fourth-order valence-corrected chi connectivity index (χ4v) is 6.70. The smallest absolute Gasteiger partial charge is 0.335 e. The van der Waals surface area contributed by atoms with Crippen molar-refractivity contribution in [3.05, 3.63) is 23.8 Å². The molecule has 0 radical (unpaired) electrons. The van der Waals surface area contributed by atoms with Crippen LogP contribution >= 0.6 is 0 Å². The van der Waals surface area contributed by atoms with Crippen molar-refractivity contribution in [2.45, 2.75) is 136 Å². The standard InChI is InChI=1S/C48H76N6O21/c1-26(2)33(55)13-16-69-18-20-71-22-23-72-21-19-70-17-14-35(56)51-32(11-12-36(57)58)43(63)54-37(27(3)4)44(64)53-31(8-7-15-50-48(49)68)42(62)52-30-10-9-29(25-73-46(67)28(5)6)24-34(30)74-47-40(61)38(59)39(60)41(75-47)45(65)66/h9-10,24,26-28,31-32,37-41,47,59-61H,7-8,11-23,25H2,1-6H3,(H,51,56)(H,52,62)(H,53,64)(H,54,63)(H,57,58)(H,65,66)(H3,49,50,68)/t31-,32-,37-,38-,39-,40+,41-,47+/m0/s1. The predicted molar refractivity (Wildman–Crippen MR) is 261 cm³/mol. The number of aliphatic hydroxyl groups excluding tert-OH is 3. The Balaban J connectivity index is 2.17. The SMILES string of the molecule is CC(C)C(=O)CCOCCOCCOCCOCCC(=O)N[C@@H](CCC(=O)O)C(=O)N[C@H](C(=O)N[C@@H](CCCNC(N)=O)C(=O)Nc1ccc(COC(=O)C(C)C)cc1O[C@@H]1O[C@H](C(=O)O)[C@@H](O)[C@H](O)[C@H]1O)C(C)C. The van der Waals surface area contributed by atoms with E-state index in [4.69, 9.17) is 38.9 Å². The Bertz CT molecular complexity index is 2020. The molecule has 0 aromatic heterocycles. The number of anilines is 1. The maximum absolute atomic E-state index is 14.1. The predicted octanol–water partition coefficient (Wildman–Crippen LogP) is -0.909. The molecule has 1 fully saturated rings. The number of benzene rings is 1. The van der Waals surface area contributed by atoms with Crippen molar-refractivity contribution in [1.82, 2.24) is 21.3 Å². The Kier molecular flexibility index (Phi) is 29.9. The van der Waals surface area contributed by atoms with Crippen molar-refractivity contribution in [3.8, 4) is 5.75 Å². The summed E-state index contributed by atoms with van der Waals surface area (Å²) in [6.07, 6.45) is -11.0. The van der Waals surface area contributed by atoms with E-state index in [9.17, 15) is 68.7 Å². The molecule has 6 amide bonds. The molecule has 0 aliphatic carbocycles. The van der Waals surface area contributed by atoms with Crippen molar-refractivity contribution in [2.75, 3.05) is 64.7 Å². The number of carbonyl (C=O) groups excluding carboxylic acids is 7. The quantitative estimate of drug-likeness (QED) is 0.0284. The number of ketones is 1. The molecule has 75 heavy (non-hydrogen) atoms. The number of aliphatic hydroxyl groups is 3. The van der Waals surface area contributed by atoms with Crippen LogP contribution < -0.4 is 37.1 Å². The summed E-state index contributed by atoms with van der Waals surface area (Å²) in [6, 6.07) is -1.15. The molecule has 0 saturated carbocycles. The molecule has 1 heterocycles. The molecule has 1 aliphatic heterocycles. The van der Waals surface area contributed by atoms with E-state index in [1.54, 1.807) is 27.7 Å². The Hall–Kier alpha value is -6.07. The summed E-state index contributed by atoms with van der Waals surface area (Å²) in [7, 11) is 0. The Morgan fingerprint density at radius 2 is 1.25 bits per heavy atom. The molecule has 0 spiro atoms. The summed E-state index contributed by atoms with van der Waals surface area (Å²) >= 11 is 0. The number of rotatable bonds is 37. The lowest BCUT2D eigenvalue weighted by Gasteiger charge is -2.38. The summed E-state index contributed by atoms with van der Waals surface area (Å²) in [5, 5.41) is 62.9. The van der Waals surface area contributed by atoms with Crippen LogP contribution in [0, 0.1) is 17.8 Å². The molecule has 27 heteroatoms. The molecule has 0 bridgehead atoms. The number of primary amides is 1. The first-order chi connectivity index (χ1) is 35.4. The number of Topliss-reactive ketones (excluding diaryl/α,β-unsaturated/α-hetero) is 1. The number of hydrogen-bond acceptors (Lipinski definition) is 19. The maximum Gasteiger partial charge on any atom is 0.335 e. The normalized spacial score (nSPS) is 18.6. The van der Waals surface area contributed by atoms with Gasteiger partial charge < -0.3 is 91.0 Å². The largest absolute Gasteiger partial charge is 0.481 e. The minimum absolute atomic E-state index is 0.0390. The highest BCUT2D eigenvalue weighted by Crippen LogP contribution is 2.32. The molecule has 0 unspecified atom stereocenters. The van der Waals surface area contributed by atoms with Crippen LogP contribution in [-0.2, 0) is 73.4 Å². The molecule has 8 atom stereocenters. The fraction of sp³-hybridized carbons (Fsp3) is 0.688. The number of carboxylic acid groups (broad SMARTS) is 2. The molecular formula is C48H76N6O21. The summed E-state index contributed by atoms with van der Waals surface area (Å²) in [5.41, 5.74) is 5.30. The number of carbonyl (C=O) groups is 9. The van der Waals surface area contributed by atoms with Gasteiger partial charge in [0, 0.05) is 31.7 Å². The van der Waals surface area contributed by atoms with E-state index < -0.39 is 115 Å². The highest BCUT2D eigenvalue weighted by Gasteiger charge is 2.48. The van der Waals surface area contributed by atoms with Crippen LogP contribution in [0.4, 0.5) is 10.5 Å². The van der Waals surface area contributed by atoms with Gasteiger partial charge in [-0.2, -0.15) is 0 Å². The molecular weight excluding hydrogens is 997 g/mol. The second-order valence-corrected chi connectivity index (χ2v) is 18.3. The number of amides is 6. The fourth-order valence-electron chi connectivity index (χ4n) is 6.70. The monoisotopic (exact) mass is 1070 g/mol. The third kappa shape index (κ3) is 24.9. The minimum atomic E-state index is -2.06. The second kappa shape index (κ2) is 34.5. The Labute approximate surface area is 434 Å². The van der Waals surface area contributed by atoms with Gasteiger partial charge in [-0.25, -0.2) is 9.59 Å². The average molecular weight is 1070 g/mol. The average Bonchev–Trinajstić information content (AvgIpc) is 3.34. The van der Waals surface area contributed by atoms with Crippen LogP contribution in [0.3, 0.4) is 0 Å². The summed E-state index contributed by atoms with van der Waals surface area (Å²) in [4.78, 5) is 113. The van der Waals surface area contributed by atoms with Gasteiger partial charge in [0.15, 0.2) is 6.10 Å². The van der Waals surface area contributed by atoms with E-state index in [1.807, 2.05) is 13.8 Å². The molecule has 27 nitrogen and oxygen atoms in total. The first-order valence-corrected chi connectivity index (χ1v) is 24.6. The lowest BCUT2D eigenvalue weighted by atomic mass is 9.99. The van der Waals surface area contributed by atoms with E-state index in [-0.39, 0.29) is 94.0 Å². The van der Waals surface area contributed by atoms with Crippen molar-refractivity contribution in [3.63, 3.8) is 0 Å². The molecule has 12 N–H and O–H groups in total. The summed E-state index contributed by atoms with van der Waals surface area (Å²) in [6.45, 7) is 11.4. The summed E-state index contributed by atoms with van der Waals surface area (Å²) < 4.78 is 38.1. The van der Waals surface area contributed by atoms with Gasteiger partial charge in [0.2, 0.25) is 29.9 Å². The molecule has 1 aromatic carbocycles. The van der Waals surface area contributed by atoms with E-state index >= 15 is 0 Å². The Morgan fingerprint density at radius 3 is 1.80 bits per heavy atom. The van der Waals surface area contributed by atoms with Crippen molar-refractivity contribution in [1.29, 1.82) is 0 Å². The number of esters is 1. The number of hydrogen-bond donors (Lipinski definition) is 11. The molecule has 1 saturated heterocycles. The number of carboxylic acids is 2. The van der Waals surface area contributed by atoms with E-state index in [2.05, 4.69) is 26.6 Å². The third-order valence-electron chi connectivity index (χ3n) is 11.1. The van der Waals surface area contributed by atoms with Crippen molar-refractivity contribution in [2.24, 2.45) is 23.5 Å². The first kappa shape index (κ1) is 65.0. The lowest BCUT2D eigenvalue weighted by molar-refractivity contribution is -0.271. The highest BCUT2D eigenvalue weighted by molar-refractivity contribution is 6.00. The van der Waals surface area contributed by atoms with E-state index in [0.717, 1.165) is 0 Å². The molecule has 1 aromatic rings. The number of urea groups is 1. The maximum atomic E-state index is 14.1. The van der Waals surface area contributed by atoms with Crippen LogP contribution in [0.1, 0.15) is 85.6 Å². The van der Waals surface area contributed by atoms with Gasteiger partial charge in [-0.1, -0.05) is 47.6 Å². The van der Waals surface area contributed by atoms with Gasteiger partial charge in [-0.05, 0) is 42.9 Å². The topological polar surface area (TPSA) is 406 Å². The van der Waals surface area contributed by atoms with E-state index in [0.29, 0.717) is 32.8 Å². The minimum Gasteiger partial charge on any atom is -0.481 e. The van der Waals surface area contributed by atoms with Crippen molar-refractivity contribution < 1.29 is 102 Å². The van der Waals surface area contributed by atoms with Gasteiger partial charge in [-0.3, -0.25) is 33.6 Å². The van der Waals surface area contributed by atoms with Crippen LogP contribution in [-0.4, -0.2) is 187 Å². The second-order valence-electron chi connectivity index (χ2n) is 18.3. The van der Waals surface area contributed by atoms with Crippen LogP contribution in [0.2, 0.25) is 0 Å². The number of ether oxygens (including phenoxy) is 7. The highest BCUT2D eigenvalue weighted by atomic mass is 16.7. The van der Waals surface area contributed by atoms with Gasteiger partial charge >= 0.3 is 23.9 Å². The van der Waals surface area contributed by atoms with Gasteiger partial charge in [0.05, 0.1) is 64.5 Å². The third-order valence-corrected chi connectivity index (χ3v) is 11.1. The van der Waals surface area contributed by atoms with Crippen LogP contribution in [0.15, 0.2) is 18.2 Å². The van der Waals surface area contributed by atoms with Crippen LogP contribution in [0.5, 0.6) is 5.75 Å². The zero-order chi connectivity index (χ0) is 56.2. The van der Waals surface area contributed by atoms with E-state index in [1.165, 1.54) is 18.2 Å². The zero-order valence-corrected chi connectivity index (χ0v) is 43.2. The number of nitrogens with one attached hydrogen (secondary N) is 5. The molecule has 2 rings (SSSR count). The number of nitrogens with two attached hydrogens (primary N) is 1. The zero-order valence-electron chi connectivity index (χ0n) is 43.2. The first-order valence-electron chi connectivity index (χ1n) is 24.6. The Morgan fingerprint density at radius 1 is 0.667 bits per heavy atom. The van der Waals surface area contributed by atoms with Crippen molar-refractivity contribution >= 4 is 59.0 Å². The lowest BCUT2D eigenvalue weighted by Crippen LogP contribution is -2.61.